The Morgan fingerprint density at radius 3 is 2.17 bits per heavy atom. The van der Waals surface area contributed by atoms with Crippen molar-refractivity contribution in [3.8, 4) is 16.9 Å². The number of hydrogen-bond acceptors (Lipinski definition) is 4. The van der Waals surface area contributed by atoms with E-state index in [1.54, 1.807) is 18.2 Å². The summed E-state index contributed by atoms with van der Waals surface area (Å²) in [5.41, 5.74) is 2.09. The van der Waals surface area contributed by atoms with Gasteiger partial charge in [-0.15, -0.1) is 0 Å². The number of sulfone groups is 1. The Hall–Kier alpha value is -1.92. The lowest BCUT2D eigenvalue weighted by Gasteiger charge is -2.08. The minimum absolute atomic E-state index is 0.0232. The second-order valence-corrected chi connectivity index (χ2v) is 8.47. The molecule has 1 aliphatic heterocycles. The lowest BCUT2D eigenvalue weighted by molar-refractivity contribution is -0.134. The van der Waals surface area contributed by atoms with Gasteiger partial charge < -0.3 is 4.74 Å². The predicted octanol–water partition coefficient (Wildman–Crippen LogP) is 3.97. The van der Waals surface area contributed by atoms with Gasteiger partial charge in [-0.3, -0.25) is 4.79 Å². The van der Waals surface area contributed by atoms with Crippen LogP contribution in [0.25, 0.3) is 11.1 Å². The third-order valence-electron chi connectivity index (χ3n) is 3.70. The molecule has 4 nitrogen and oxygen atoms in total. The molecule has 2 aromatic rings. The molecule has 0 unspecified atom stereocenters. The topological polar surface area (TPSA) is 60.4 Å². The third kappa shape index (κ3) is 4.33. The molecule has 0 N–H and O–H groups in total. The van der Waals surface area contributed by atoms with Crippen LogP contribution in [0.1, 0.15) is 6.42 Å². The molecular formula is C18H15BrO4S. The molecule has 2 aromatic carbocycles. The van der Waals surface area contributed by atoms with Crippen molar-refractivity contribution in [2.45, 2.75) is 6.42 Å². The quantitative estimate of drug-likeness (QED) is 0.569. The zero-order valence-electron chi connectivity index (χ0n) is 12.7. The van der Waals surface area contributed by atoms with Gasteiger partial charge in [-0.1, -0.05) is 46.3 Å². The number of carbonyl (C=O) groups excluding carboxylic acids is 1. The molecule has 0 aromatic heterocycles. The van der Waals surface area contributed by atoms with Crippen molar-refractivity contribution in [3.63, 3.8) is 0 Å². The summed E-state index contributed by atoms with van der Waals surface area (Å²) in [6.07, 6.45) is 1.61. The number of carbonyl (C=O) groups is 1. The summed E-state index contributed by atoms with van der Waals surface area (Å²) in [4.78, 5) is 11.9. The molecule has 0 fully saturated rings. The normalized spacial score (nSPS) is 18.5. The van der Waals surface area contributed by atoms with Crippen molar-refractivity contribution < 1.29 is 17.9 Å². The van der Waals surface area contributed by atoms with Crippen LogP contribution in [0.4, 0.5) is 0 Å². The van der Waals surface area contributed by atoms with E-state index in [2.05, 4.69) is 15.9 Å². The maximum atomic E-state index is 11.9. The molecule has 0 amide bonds. The maximum absolute atomic E-state index is 11.9. The van der Waals surface area contributed by atoms with E-state index in [0.717, 1.165) is 21.0 Å². The zero-order chi connectivity index (χ0) is 17.2. The minimum Gasteiger partial charge on any atom is -0.427 e. The molecule has 1 heterocycles. The molecule has 0 radical (unpaired) electrons. The maximum Gasteiger partial charge on any atom is 0.311 e. The molecule has 0 saturated heterocycles. The van der Waals surface area contributed by atoms with Crippen LogP contribution in [0.15, 0.2) is 64.5 Å². The lowest BCUT2D eigenvalue weighted by Crippen LogP contribution is -2.15. The highest BCUT2D eigenvalue weighted by atomic mass is 79.9. The summed E-state index contributed by atoms with van der Waals surface area (Å²) in [5, 5.41) is 1.16. The van der Waals surface area contributed by atoms with Crippen molar-refractivity contribution in [2.24, 2.45) is 5.92 Å². The molecule has 6 heteroatoms. The average molecular weight is 407 g/mol. The third-order valence-corrected chi connectivity index (χ3v) is 5.69. The Morgan fingerprint density at radius 1 is 1.04 bits per heavy atom. The van der Waals surface area contributed by atoms with Crippen LogP contribution in [0.2, 0.25) is 0 Å². The van der Waals surface area contributed by atoms with Crippen LogP contribution in [-0.4, -0.2) is 20.1 Å². The predicted molar refractivity (Wildman–Crippen MR) is 96.2 cm³/mol. The van der Waals surface area contributed by atoms with Gasteiger partial charge in [-0.2, -0.15) is 0 Å². The monoisotopic (exact) mass is 406 g/mol. The Kier molecular flexibility index (Phi) is 4.87. The van der Waals surface area contributed by atoms with Crippen LogP contribution in [-0.2, 0) is 14.6 Å². The first-order chi connectivity index (χ1) is 11.4. The molecule has 1 aliphatic rings. The summed E-state index contributed by atoms with van der Waals surface area (Å²) in [5.74, 6) is -0.307. The summed E-state index contributed by atoms with van der Waals surface area (Å²) >= 11 is 3.40. The van der Waals surface area contributed by atoms with Gasteiger partial charge in [0.15, 0.2) is 9.84 Å². The van der Waals surface area contributed by atoms with Gasteiger partial charge in [-0.05, 0) is 35.4 Å². The number of rotatable bonds is 4. The number of esters is 1. The van der Waals surface area contributed by atoms with Crippen molar-refractivity contribution in [1.82, 2.24) is 0 Å². The van der Waals surface area contributed by atoms with Crippen LogP contribution in [0, 0.1) is 5.92 Å². The second-order valence-electron chi connectivity index (χ2n) is 5.63. The number of allylic oxidation sites excluding steroid dienone is 1. The first-order valence-electron chi connectivity index (χ1n) is 7.39. The number of hydrogen-bond donors (Lipinski definition) is 0. The highest BCUT2D eigenvalue weighted by Crippen LogP contribution is 2.25. The smallest absolute Gasteiger partial charge is 0.311 e. The second kappa shape index (κ2) is 6.91. The Morgan fingerprint density at radius 2 is 1.62 bits per heavy atom. The Bertz CT molecular complexity index is 868. The minimum atomic E-state index is -3.14. The van der Waals surface area contributed by atoms with Crippen molar-refractivity contribution in [1.29, 1.82) is 0 Å². The Balaban J connectivity index is 1.61. The van der Waals surface area contributed by atoms with Gasteiger partial charge >= 0.3 is 5.97 Å². The van der Waals surface area contributed by atoms with Gasteiger partial charge in [0, 0.05) is 15.8 Å². The summed E-state index contributed by atoms with van der Waals surface area (Å²) < 4.78 is 29.0. The highest BCUT2D eigenvalue weighted by molar-refractivity contribution is 9.10. The Labute approximate surface area is 149 Å². The molecule has 3 rings (SSSR count). The summed E-state index contributed by atoms with van der Waals surface area (Å²) in [6.45, 7) is 0. The standard InChI is InChI=1S/C18H15BrO4S/c19-16-5-1-14(2-6-16)15-3-7-17(8-4-15)23-18(20)11-13-9-10-24(21,22)12-13/h1-10,13H,11-12H2/t13-/m1/s1. The summed E-state index contributed by atoms with van der Waals surface area (Å²) in [7, 11) is -3.14. The highest BCUT2D eigenvalue weighted by Gasteiger charge is 2.24. The van der Waals surface area contributed by atoms with Crippen LogP contribution < -0.4 is 4.74 Å². The van der Waals surface area contributed by atoms with Gasteiger partial charge in [0.2, 0.25) is 0 Å². The van der Waals surface area contributed by atoms with Crippen LogP contribution >= 0.6 is 15.9 Å². The van der Waals surface area contributed by atoms with Crippen molar-refractivity contribution in [2.75, 3.05) is 5.75 Å². The molecule has 24 heavy (non-hydrogen) atoms. The van der Waals surface area contributed by atoms with Crippen molar-refractivity contribution in [3.05, 3.63) is 64.5 Å². The molecule has 0 spiro atoms. The molecule has 0 bridgehead atoms. The molecule has 1 atom stereocenters. The fourth-order valence-corrected chi connectivity index (χ4v) is 4.18. The van der Waals surface area contributed by atoms with Crippen molar-refractivity contribution >= 4 is 31.7 Å². The van der Waals surface area contributed by atoms with E-state index >= 15 is 0 Å². The van der Waals surface area contributed by atoms with E-state index in [-0.39, 0.29) is 18.1 Å². The van der Waals surface area contributed by atoms with Crippen LogP contribution in [0.5, 0.6) is 5.75 Å². The fraction of sp³-hybridized carbons (Fsp3) is 0.167. The van der Waals surface area contributed by atoms with Gasteiger partial charge in [0.25, 0.3) is 0 Å². The largest absolute Gasteiger partial charge is 0.427 e. The lowest BCUT2D eigenvalue weighted by atomic mass is 10.1. The van der Waals surface area contributed by atoms with Crippen LogP contribution in [0.3, 0.4) is 0 Å². The van der Waals surface area contributed by atoms with E-state index in [0.29, 0.717) is 5.75 Å². The first-order valence-corrected chi connectivity index (χ1v) is 9.90. The van der Waals surface area contributed by atoms with Gasteiger partial charge in [0.05, 0.1) is 12.2 Å². The van der Waals surface area contributed by atoms with E-state index in [1.165, 1.54) is 0 Å². The average Bonchev–Trinajstić information content (AvgIpc) is 2.87. The van der Waals surface area contributed by atoms with E-state index in [4.69, 9.17) is 4.74 Å². The molecule has 0 saturated carbocycles. The molecule has 0 aliphatic carbocycles. The van der Waals surface area contributed by atoms with Gasteiger partial charge in [0.1, 0.15) is 5.75 Å². The number of ether oxygens (including phenoxy) is 1. The van der Waals surface area contributed by atoms with E-state index in [1.807, 2.05) is 36.4 Å². The molecule has 124 valence electrons. The number of halogens is 1. The van der Waals surface area contributed by atoms with Gasteiger partial charge in [-0.25, -0.2) is 8.42 Å². The summed E-state index contributed by atoms with van der Waals surface area (Å²) in [6, 6.07) is 15.2. The van der Waals surface area contributed by atoms with E-state index in [9.17, 15) is 13.2 Å². The SMILES string of the molecule is O=C(C[C@H]1C=CS(=O)(=O)C1)Oc1ccc(-c2ccc(Br)cc2)cc1. The fourth-order valence-electron chi connectivity index (χ4n) is 2.51. The van der Waals surface area contributed by atoms with E-state index < -0.39 is 15.8 Å². The first kappa shape index (κ1) is 16.9. The molecular weight excluding hydrogens is 392 g/mol. The number of benzene rings is 2. The zero-order valence-corrected chi connectivity index (χ0v) is 15.1.